The summed E-state index contributed by atoms with van der Waals surface area (Å²) in [6, 6.07) is 31.1. The van der Waals surface area contributed by atoms with E-state index >= 15 is 0 Å². The molecule has 0 spiro atoms. The van der Waals surface area contributed by atoms with Crippen molar-refractivity contribution in [1.82, 2.24) is 4.90 Å². The summed E-state index contributed by atoms with van der Waals surface area (Å²) in [5, 5.41) is 12.1. The van der Waals surface area contributed by atoms with Gasteiger partial charge < -0.3 is 10.0 Å². The van der Waals surface area contributed by atoms with Gasteiger partial charge in [0, 0.05) is 24.3 Å². The maximum absolute atomic E-state index is 13.7. The summed E-state index contributed by atoms with van der Waals surface area (Å²) in [4.78, 5) is 17.4. The number of anilines is 2. The topological polar surface area (TPSA) is 43.8 Å². The normalized spacial score (nSPS) is 14.7. The number of para-hydroxylation sites is 2. The molecule has 4 aromatic rings. The van der Waals surface area contributed by atoms with Crippen molar-refractivity contribution < 1.29 is 18.7 Å². The third kappa shape index (κ3) is 5.92. The van der Waals surface area contributed by atoms with Crippen LogP contribution in [0.3, 0.4) is 0 Å². The summed E-state index contributed by atoms with van der Waals surface area (Å²) >= 11 is 0. The number of hydrogen-bond acceptors (Lipinski definition) is 3. The van der Waals surface area contributed by atoms with E-state index in [1.54, 1.807) is 29.2 Å². The number of carbonyl (C=O) groups excluding carboxylic acids is 1. The zero-order chi connectivity index (χ0) is 27.2. The molecule has 5 rings (SSSR count). The molecule has 1 saturated heterocycles. The maximum Gasteiger partial charge on any atom is 0.232 e. The van der Waals surface area contributed by atoms with Crippen LogP contribution in [0, 0.1) is 17.6 Å². The van der Waals surface area contributed by atoms with Crippen molar-refractivity contribution in [3.63, 3.8) is 0 Å². The second-order valence-corrected chi connectivity index (χ2v) is 10.0. The third-order valence-electron chi connectivity index (χ3n) is 7.67. The molecule has 39 heavy (non-hydrogen) atoms. The van der Waals surface area contributed by atoms with Crippen LogP contribution >= 0.6 is 0 Å². The first-order valence-corrected chi connectivity index (χ1v) is 13.3. The zero-order valence-corrected chi connectivity index (χ0v) is 21.7. The number of likely N-dealkylation sites (tertiary alicyclic amines) is 1. The van der Waals surface area contributed by atoms with E-state index in [1.807, 2.05) is 60.7 Å². The Morgan fingerprint density at radius 1 is 0.744 bits per heavy atom. The summed E-state index contributed by atoms with van der Waals surface area (Å²) in [5.41, 5.74) is 1.46. The van der Waals surface area contributed by atoms with Crippen molar-refractivity contribution in [1.29, 1.82) is 0 Å². The largest absolute Gasteiger partial charge is 0.380 e. The lowest BCUT2D eigenvalue weighted by molar-refractivity contribution is -0.118. The number of piperidine rings is 1. The summed E-state index contributed by atoms with van der Waals surface area (Å²) in [6.07, 6.45) is 1.72. The highest BCUT2D eigenvalue weighted by Gasteiger charge is 2.41. The minimum atomic E-state index is -1.37. The Kier molecular flexibility index (Phi) is 8.15. The average molecular weight is 527 g/mol. The first-order chi connectivity index (χ1) is 18.9. The molecule has 6 heteroatoms. The second kappa shape index (κ2) is 11.9. The number of aliphatic hydroxyl groups is 1. The van der Waals surface area contributed by atoms with Gasteiger partial charge in [0.05, 0.1) is 0 Å². The van der Waals surface area contributed by atoms with Crippen LogP contribution in [0.2, 0.25) is 0 Å². The van der Waals surface area contributed by atoms with Crippen molar-refractivity contribution in [2.45, 2.75) is 24.9 Å². The van der Waals surface area contributed by atoms with Crippen molar-refractivity contribution in [3.05, 3.63) is 132 Å². The molecule has 0 bridgehead atoms. The van der Waals surface area contributed by atoms with Crippen LogP contribution in [0.4, 0.5) is 20.2 Å². The van der Waals surface area contributed by atoms with Gasteiger partial charge in [-0.25, -0.2) is 8.78 Å². The van der Waals surface area contributed by atoms with Crippen molar-refractivity contribution in [3.8, 4) is 0 Å². The fraction of sp³-hybridized carbons (Fsp3) is 0.242. The predicted molar refractivity (Wildman–Crippen MR) is 150 cm³/mol. The van der Waals surface area contributed by atoms with Gasteiger partial charge in [0.25, 0.3) is 0 Å². The molecule has 1 heterocycles. The Labute approximate surface area is 228 Å². The molecular formula is C33H32F2N2O2. The number of rotatable bonds is 8. The fourth-order valence-electron chi connectivity index (χ4n) is 5.58. The lowest BCUT2D eigenvalue weighted by Crippen LogP contribution is -2.45. The summed E-state index contributed by atoms with van der Waals surface area (Å²) < 4.78 is 27.4. The number of benzene rings is 4. The minimum absolute atomic E-state index is 0.0173. The van der Waals surface area contributed by atoms with Crippen molar-refractivity contribution in [2.75, 3.05) is 24.5 Å². The molecule has 4 nitrogen and oxygen atoms in total. The average Bonchev–Trinajstić information content (AvgIpc) is 2.98. The van der Waals surface area contributed by atoms with Crippen LogP contribution in [-0.2, 0) is 10.4 Å². The van der Waals surface area contributed by atoms with Crippen LogP contribution in [-0.4, -0.2) is 35.5 Å². The van der Waals surface area contributed by atoms with Crippen LogP contribution in [0.1, 0.15) is 30.4 Å². The van der Waals surface area contributed by atoms with Gasteiger partial charge in [-0.05, 0) is 91.5 Å². The van der Waals surface area contributed by atoms with Gasteiger partial charge in [-0.1, -0.05) is 60.7 Å². The van der Waals surface area contributed by atoms with Gasteiger partial charge in [-0.15, -0.1) is 0 Å². The van der Waals surface area contributed by atoms with Crippen LogP contribution in [0.5, 0.6) is 0 Å². The van der Waals surface area contributed by atoms with E-state index in [2.05, 4.69) is 4.90 Å². The van der Waals surface area contributed by atoms with E-state index in [0.29, 0.717) is 50.0 Å². The molecule has 0 aromatic heterocycles. The monoisotopic (exact) mass is 526 g/mol. The SMILES string of the molecule is O=C(CCN1CCC(C(O)(c2ccc(F)cc2)c2ccc(F)cc2)CC1)N(c1ccccc1)c1ccccc1. The van der Waals surface area contributed by atoms with Gasteiger partial charge in [-0.2, -0.15) is 0 Å². The molecule has 4 aromatic carbocycles. The molecule has 0 unspecified atom stereocenters. The quantitative estimate of drug-likeness (QED) is 0.279. The number of amides is 1. The number of nitrogens with zero attached hydrogens (tertiary/aromatic N) is 2. The first-order valence-electron chi connectivity index (χ1n) is 13.3. The van der Waals surface area contributed by atoms with E-state index in [1.165, 1.54) is 24.3 Å². The van der Waals surface area contributed by atoms with E-state index < -0.39 is 5.60 Å². The van der Waals surface area contributed by atoms with Crippen molar-refractivity contribution >= 4 is 17.3 Å². The minimum Gasteiger partial charge on any atom is -0.380 e. The summed E-state index contributed by atoms with van der Waals surface area (Å²) in [5.74, 6) is -0.881. The van der Waals surface area contributed by atoms with E-state index in [4.69, 9.17) is 0 Å². The first kappa shape index (κ1) is 26.7. The Bertz CT molecular complexity index is 1270. The Hall–Kier alpha value is -3.87. The maximum atomic E-state index is 13.7. The smallest absolute Gasteiger partial charge is 0.232 e. The van der Waals surface area contributed by atoms with E-state index in [9.17, 15) is 18.7 Å². The lowest BCUT2D eigenvalue weighted by atomic mass is 9.72. The zero-order valence-electron chi connectivity index (χ0n) is 21.7. The Morgan fingerprint density at radius 2 is 1.18 bits per heavy atom. The molecule has 1 N–H and O–H groups in total. The molecule has 1 aliphatic rings. The van der Waals surface area contributed by atoms with Gasteiger partial charge >= 0.3 is 0 Å². The highest BCUT2D eigenvalue weighted by atomic mass is 19.1. The summed E-state index contributed by atoms with van der Waals surface area (Å²) in [7, 11) is 0. The Morgan fingerprint density at radius 3 is 1.62 bits per heavy atom. The second-order valence-electron chi connectivity index (χ2n) is 10.0. The van der Waals surface area contributed by atoms with E-state index in [0.717, 1.165) is 11.4 Å². The number of halogens is 2. The van der Waals surface area contributed by atoms with Gasteiger partial charge in [0.15, 0.2) is 0 Å². The molecule has 1 aliphatic heterocycles. The molecule has 0 atom stereocenters. The standard InChI is InChI=1S/C33H32F2N2O2/c34-28-15-11-25(12-16-28)33(39,26-13-17-29(35)18-14-26)27-19-22-36(23-20-27)24-21-32(38)37(30-7-3-1-4-8-30)31-9-5-2-6-10-31/h1-18,27,39H,19-24H2. The molecule has 0 radical (unpaired) electrons. The Balaban J connectivity index is 1.28. The molecule has 0 aliphatic carbocycles. The molecular weight excluding hydrogens is 494 g/mol. The number of hydrogen-bond donors (Lipinski definition) is 1. The highest BCUT2D eigenvalue weighted by molar-refractivity contribution is 6.00. The predicted octanol–water partition coefficient (Wildman–Crippen LogP) is 6.67. The molecule has 200 valence electrons. The molecule has 1 fully saturated rings. The van der Waals surface area contributed by atoms with Crippen LogP contribution < -0.4 is 4.90 Å². The van der Waals surface area contributed by atoms with Crippen molar-refractivity contribution in [2.24, 2.45) is 5.92 Å². The van der Waals surface area contributed by atoms with Gasteiger partial charge in [0.1, 0.15) is 17.2 Å². The third-order valence-corrected chi connectivity index (χ3v) is 7.67. The molecule has 1 amide bonds. The fourth-order valence-corrected chi connectivity index (χ4v) is 5.58. The highest BCUT2D eigenvalue weighted by Crippen LogP contribution is 2.42. The van der Waals surface area contributed by atoms with Gasteiger partial charge in [0.2, 0.25) is 5.91 Å². The lowest BCUT2D eigenvalue weighted by Gasteiger charge is -2.42. The van der Waals surface area contributed by atoms with E-state index in [-0.39, 0.29) is 23.5 Å². The van der Waals surface area contributed by atoms with Crippen LogP contribution in [0.15, 0.2) is 109 Å². The number of carbonyl (C=O) groups is 1. The van der Waals surface area contributed by atoms with Gasteiger partial charge in [-0.3, -0.25) is 9.69 Å². The summed E-state index contributed by atoms with van der Waals surface area (Å²) in [6.45, 7) is 2.02. The van der Waals surface area contributed by atoms with Crippen LogP contribution in [0.25, 0.3) is 0 Å². The molecule has 0 saturated carbocycles.